The van der Waals surface area contributed by atoms with Crippen molar-refractivity contribution in [3.63, 3.8) is 0 Å². The Bertz CT molecular complexity index is 694. The maximum atomic E-state index is 12.4. The molecular formula is C20H27N3O2. The van der Waals surface area contributed by atoms with E-state index in [1.165, 1.54) is 0 Å². The van der Waals surface area contributed by atoms with Gasteiger partial charge in [0.15, 0.2) is 0 Å². The highest BCUT2D eigenvalue weighted by molar-refractivity contribution is 5.92. The van der Waals surface area contributed by atoms with Crippen molar-refractivity contribution < 1.29 is 9.59 Å². The van der Waals surface area contributed by atoms with Crippen molar-refractivity contribution in [1.29, 1.82) is 0 Å². The Morgan fingerprint density at radius 2 is 2.08 bits per heavy atom. The van der Waals surface area contributed by atoms with Gasteiger partial charge in [-0.1, -0.05) is 13.0 Å². The van der Waals surface area contributed by atoms with Crippen molar-refractivity contribution in [3.8, 4) is 0 Å². The van der Waals surface area contributed by atoms with Crippen molar-refractivity contribution in [1.82, 2.24) is 14.8 Å². The molecule has 4 rings (SSSR count). The molecule has 1 aliphatic carbocycles. The lowest BCUT2D eigenvalue weighted by atomic mass is 9.73. The minimum atomic E-state index is -0.275. The number of piperidine rings is 2. The second-order valence-corrected chi connectivity index (χ2v) is 7.22. The largest absolute Gasteiger partial charge is 0.357 e. The number of carbonyl (C=O) groups is 2. The molecule has 2 amide bonds. The van der Waals surface area contributed by atoms with Gasteiger partial charge in [-0.3, -0.25) is 9.59 Å². The van der Waals surface area contributed by atoms with Crippen molar-refractivity contribution in [3.05, 3.63) is 42.3 Å². The van der Waals surface area contributed by atoms with Gasteiger partial charge in [-0.2, -0.15) is 0 Å². The molecule has 134 valence electrons. The minimum Gasteiger partial charge on any atom is -0.357 e. The summed E-state index contributed by atoms with van der Waals surface area (Å²) >= 11 is 0. The third-order valence-electron chi connectivity index (χ3n) is 5.28. The lowest BCUT2D eigenvalue weighted by Crippen LogP contribution is -2.65. The molecule has 0 radical (unpaired) electrons. The van der Waals surface area contributed by atoms with Crippen LogP contribution in [-0.2, 0) is 16.6 Å². The first-order valence-corrected chi connectivity index (χ1v) is 9.11. The zero-order valence-electron chi connectivity index (χ0n) is 15.1. The Balaban J connectivity index is 1.64. The zero-order valence-corrected chi connectivity index (χ0v) is 15.1. The number of allylic oxidation sites excluding steroid dienone is 1. The highest BCUT2D eigenvalue weighted by Gasteiger charge is 2.46. The number of nitrogens with one attached hydrogen (secondary N) is 1. The first-order valence-electron chi connectivity index (χ1n) is 9.11. The average molecular weight is 341 g/mol. The third-order valence-corrected chi connectivity index (χ3v) is 5.28. The van der Waals surface area contributed by atoms with E-state index >= 15 is 0 Å². The van der Waals surface area contributed by atoms with E-state index in [1.807, 2.05) is 54.1 Å². The van der Waals surface area contributed by atoms with Gasteiger partial charge in [-0.05, 0) is 55.9 Å². The predicted octanol–water partition coefficient (Wildman–Crippen LogP) is 2.64. The summed E-state index contributed by atoms with van der Waals surface area (Å²) in [4.78, 5) is 26.7. The molecule has 1 N–H and O–H groups in total. The monoisotopic (exact) mass is 341 g/mol. The second-order valence-electron chi connectivity index (χ2n) is 7.22. The molecule has 0 atom stereocenters. The molecule has 5 heteroatoms. The standard InChI is InChI=1S/C20H27N3O2/c1-3-4-5-19(25)23-15-20(11-8-17(23)9-12-20)21-18(24)7-6-16-10-13-22(2)14-16/h4-7,10,13-14,17H,3,8-9,11-12,15H2,1-2H3,(H,21,24)/b5-4+,7-6+. The van der Waals surface area contributed by atoms with Crippen molar-refractivity contribution >= 4 is 17.9 Å². The highest BCUT2D eigenvalue weighted by atomic mass is 16.2. The fourth-order valence-corrected chi connectivity index (χ4v) is 3.92. The molecule has 0 spiro atoms. The van der Waals surface area contributed by atoms with Crippen LogP contribution in [-0.4, -0.2) is 39.4 Å². The van der Waals surface area contributed by atoms with E-state index in [1.54, 1.807) is 12.2 Å². The smallest absolute Gasteiger partial charge is 0.246 e. The molecule has 2 saturated heterocycles. The van der Waals surface area contributed by atoms with Crippen LogP contribution in [0.4, 0.5) is 0 Å². The van der Waals surface area contributed by atoms with Crippen molar-refractivity contribution in [2.75, 3.05) is 6.54 Å². The van der Waals surface area contributed by atoms with E-state index in [9.17, 15) is 9.59 Å². The summed E-state index contributed by atoms with van der Waals surface area (Å²) in [5.74, 6) is -0.00889. The molecule has 3 aliphatic rings. The summed E-state index contributed by atoms with van der Waals surface area (Å²) in [6.45, 7) is 2.64. The van der Waals surface area contributed by atoms with Gasteiger partial charge in [0.2, 0.25) is 11.8 Å². The van der Waals surface area contributed by atoms with Gasteiger partial charge < -0.3 is 14.8 Å². The van der Waals surface area contributed by atoms with Gasteiger partial charge in [0.05, 0.1) is 5.54 Å². The topological polar surface area (TPSA) is 54.3 Å². The van der Waals surface area contributed by atoms with Crippen LogP contribution in [0.15, 0.2) is 36.7 Å². The summed E-state index contributed by atoms with van der Waals surface area (Å²) in [7, 11) is 1.95. The number of nitrogens with zero attached hydrogens (tertiary/aromatic N) is 2. The van der Waals surface area contributed by atoms with Crippen molar-refractivity contribution in [2.45, 2.75) is 50.6 Å². The summed E-state index contributed by atoms with van der Waals surface area (Å²) in [5, 5.41) is 3.19. The van der Waals surface area contributed by atoms with E-state index in [2.05, 4.69) is 5.32 Å². The highest BCUT2D eigenvalue weighted by Crippen LogP contribution is 2.38. The number of fused-ring (bicyclic) bond motifs is 3. The second kappa shape index (κ2) is 7.30. The number of aryl methyl sites for hydroxylation is 1. The molecule has 5 nitrogen and oxygen atoms in total. The number of rotatable bonds is 5. The van der Waals surface area contributed by atoms with Crippen LogP contribution in [0.5, 0.6) is 0 Å². The lowest BCUT2D eigenvalue weighted by molar-refractivity contribution is -0.137. The summed E-state index contributed by atoms with van der Waals surface area (Å²) in [5.41, 5.74) is 0.728. The van der Waals surface area contributed by atoms with Gasteiger partial charge in [-0.25, -0.2) is 0 Å². The maximum absolute atomic E-state index is 12.4. The molecular weight excluding hydrogens is 314 g/mol. The van der Waals surface area contributed by atoms with Crippen LogP contribution in [0.2, 0.25) is 0 Å². The number of hydrogen-bond acceptors (Lipinski definition) is 2. The molecule has 0 unspecified atom stereocenters. The van der Waals surface area contributed by atoms with Gasteiger partial charge in [-0.15, -0.1) is 0 Å². The zero-order chi connectivity index (χ0) is 17.9. The Hall–Kier alpha value is -2.30. The fourth-order valence-electron chi connectivity index (χ4n) is 3.92. The number of aromatic nitrogens is 1. The summed E-state index contributed by atoms with van der Waals surface area (Å²) in [6, 6.07) is 2.29. The van der Waals surface area contributed by atoms with Crippen molar-refractivity contribution in [2.24, 2.45) is 7.05 Å². The number of amides is 2. The van der Waals surface area contributed by atoms with E-state index in [0.29, 0.717) is 12.6 Å². The van der Waals surface area contributed by atoms with Gasteiger partial charge in [0.1, 0.15) is 0 Å². The third kappa shape index (κ3) is 4.03. The molecule has 1 aromatic heterocycles. The molecule has 2 bridgehead atoms. The van der Waals surface area contributed by atoms with E-state index < -0.39 is 0 Å². The molecule has 25 heavy (non-hydrogen) atoms. The molecule has 1 saturated carbocycles. The Morgan fingerprint density at radius 1 is 1.32 bits per heavy atom. The van der Waals surface area contributed by atoms with E-state index in [-0.39, 0.29) is 17.4 Å². The van der Waals surface area contributed by atoms with Crippen LogP contribution in [0.1, 0.15) is 44.6 Å². The first kappa shape index (κ1) is 17.5. The van der Waals surface area contributed by atoms with Crippen LogP contribution < -0.4 is 5.32 Å². The van der Waals surface area contributed by atoms with E-state index in [0.717, 1.165) is 37.7 Å². The van der Waals surface area contributed by atoms with Gasteiger partial charge >= 0.3 is 0 Å². The van der Waals surface area contributed by atoms with Crippen LogP contribution in [0, 0.1) is 0 Å². The predicted molar refractivity (Wildman–Crippen MR) is 98.7 cm³/mol. The quantitative estimate of drug-likeness (QED) is 0.837. The number of hydrogen-bond donors (Lipinski definition) is 1. The minimum absolute atomic E-state index is 0.0738. The Labute approximate surface area is 149 Å². The Morgan fingerprint density at radius 3 is 2.72 bits per heavy atom. The normalized spacial score (nSPS) is 25.8. The maximum Gasteiger partial charge on any atom is 0.246 e. The SMILES string of the molecule is CC/C=C/C(=O)N1CC2(NC(=O)/C=C/c3ccn(C)c3)CCC1CC2. The lowest BCUT2D eigenvalue weighted by Gasteiger charge is -2.52. The van der Waals surface area contributed by atoms with Crippen LogP contribution in [0.25, 0.3) is 6.08 Å². The Kier molecular flexibility index (Phi) is 5.11. The average Bonchev–Trinajstić information content (AvgIpc) is 3.03. The molecule has 2 aliphatic heterocycles. The van der Waals surface area contributed by atoms with Crippen LogP contribution in [0.3, 0.4) is 0 Å². The molecule has 1 aromatic rings. The van der Waals surface area contributed by atoms with Gasteiger partial charge in [0.25, 0.3) is 0 Å². The molecule has 0 aromatic carbocycles. The first-order chi connectivity index (χ1) is 12.0. The summed E-state index contributed by atoms with van der Waals surface area (Å²) in [6.07, 6.45) is 15.6. The summed E-state index contributed by atoms with van der Waals surface area (Å²) < 4.78 is 1.95. The fraction of sp³-hybridized carbons (Fsp3) is 0.500. The molecule has 3 fully saturated rings. The van der Waals surface area contributed by atoms with Gasteiger partial charge in [0, 0.05) is 38.1 Å². The van der Waals surface area contributed by atoms with Crippen LogP contribution >= 0.6 is 0 Å². The van der Waals surface area contributed by atoms with E-state index in [4.69, 9.17) is 0 Å². The molecule has 3 heterocycles. The number of carbonyl (C=O) groups excluding carboxylic acids is 2.